The van der Waals surface area contributed by atoms with Crippen LogP contribution in [-0.4, -0.2) is 27.9 Å². The van der Waals surface area contributed by atoms with E-state index in [0.717, 1.165) is 92.0 Å². The molecule has 228 valence electrons. The quantitative estimate of drug-likeness (QED) is 0.103. The second kappa shape index (κ2) is 10.9. The van der Waals surface area contributed by atoms with Crippen molar-refractivity contribution in [2.45, 2.75) is 39.8 Å². The van der Waals surface area contributed by atoms with Crippen molar-refractivity contribution in [3.63, 3.8) is 0 Å². The number of rotatable bonds is 7. The molecular weight excluding hydrogens is 570 g/mol. The number of para-hydroxylation sites is 2. The first-order chi connectivity index (χ1) is 22.6. The Morgan fingerprint density at radius 2 is 1.22 bits per heavy atom. The van der Waals surface area contributed by atoms with E-state index in [0.29, 0.717) is 16.5 Å². The number of aryl methyl sites for hydroxylation is 2. The third kappa shape index (κ3) is 3.82. The monoisotopic (exact) mass is 606 g/mol. The van der Waals surface area contributed by atoms with E-state index < -0.39 is 0 Å². The fourth-order valence-corrected chi connectivity index (χ4v) is 7.63. The van der Waals surface area contributed by atoms with Crippen molar-refractivity contribution in [1.29, 1.82) is 0 Å². The van der Waals surface area contributed by atoms with E-state index in [1.54, 1.807) is 14.2 Å². The van der Waals surface area contributed by atoms with Crippen LogP contribution in [0, 0.1) is 0 Å². The van der Waals surface area contributed by atoms with E-state index in [4.69, 9.17) is 9.47 Å². The number of ether oxygens (including phenoxy) is 2. The van der Waals surface area contributed by atoms with Crippen molar-refractivity contribution in [3.05, 3.63) is 107 Å². The van der Waals surface area contributed by atoms with Crippen LogP contribution in [0.2, 0.25) is 0 Å². The Labute approximate surface area is 266 Å². The van der Waals surface area contributed by atoms with Crippen LogP contribution in [0.1, 0.15) is 26.7 Å². The van der Waals surface area contributed by atoms with Gasteiger partial charge < -0.3 is 14.0 Å². The summed E-state index contributed by atoms with van der Waals surface area (Å²) in [5, 5.41) is 5.37. The minimum absolute atomic E-state index is 0.0391. The average molecular weight is 607 g/mol. The number of fused-ring (bicyclic) bond motifs is 6. The summed E-state index contributed by atoms with van der Waals surface area (Å²) in [6.07, 6.45) is 1.94. The second-order valence-electron chi connectivity index (χ2n) is 11.9. The lowest BCUT2D eigenvalue weighted by Gasteiger charge is -2.22. The predicted octanol–water partition coefficient (Wildman–Crippen LogP) is 9.48. The number of aromatic nitrogens is 3. The maximum atomic E-state index is 14.6. The molecule has 3 heterocycles. The summed E-state index contributed by atoms with van der Waals surface area (Å²) in [6, 6.07) is 33.2. The van der Waals surface area contributed by atoms with Crippen molar-refractivity contribution in [1.82, 2.24) is 13.7 Å². The highest BCUT2D eigenvalue weighted by Crippen LogP contribution is 2.47. The topological polar surface area (TPSA) is 50.3 Å². The molecule has 6 nitrogen and oxygen atoms in total. The van der Waals surface area contributed by atoms with Gasteiger partial charge in [-0.15, -0.1) is 0 Å². The fourth-order valence-electron chi connectivity index (χ4n) is 7.63. The van der Waals surface area contributed by atoms with E-state index in [-0.39, 0.29) is 5.43 Å². The van der Waals surface area contributed by atoms with Crippen LogP contribution in [0.3, 0.4) is 0 Å². The minimum Gasteiger partial charge on any atom is -0.471 e. The van der Waals surface area contributed by atoms with Gasteiger partial charge in [0, 0.05) is 36.3 Å². The van der Waals surface area contributed by atoms with Gasteiger partial charge in [-0.3, -0.25) is 13.9 Å². The summed E-state index contributed by atoms with van der Waals surface area (Å²) in [5.74, 6) is 1.39. The smallest absolute Gasteiger partial charge is 0.206 e. The normalized spacial score (nSPS) is 11.9. The lowest BCUT2D eigenvalue weighted by molar-refractivity contribution is 0.420. The summed E-state index contributed by atoms with van der Waals surface area (Å²) in [7, 11) is 3.43. The zero-order valence-corrected chi connectivity index (χ0v) is 26.6. The molecule has 46 heavy (non-hydrogen) atoms. The van der Waals surface area contributed by atoms with Crippen LogP contribution in [0.25, 0.3) is 71.1 Å². The first-order valence-electron chi connectivity index (χ1n) is 16.1. The number of pyridine rings is 3. The zero-order valence-electron chi connectivity index (χ0n) is 26.6. The SMILES string of the molecule is CCCn1c2cccc(OC)c2[c+]2c3c(OC)c4c(=O)c5ccccc5n(-c5ccccc5)c4cc3n(CCC)c3cccc1c32. The maximum absolute atomic E-state index is 14.6. The second-order valence-corrected chi connectivity index (χ2v) is 11.9. The Kier molecular flexibility index (Phi) is 6.68. The molecule has 0 N–H and O–H groups in total. The molecule has 0 atom stereocenters. The van der Waals surface area contributed by atoms with Crippen LogP contribution in [0.5, 0.6) is 11.5 Å². The largest absolute Gasteiger partial charge is 0.471 e. The van der Waals surface area contributed by atoms with Gasteiger partial charge in [0.25, 0.3) is 0 Å². The van der Waals surface area contributed by atoms with Gasteiger partial charge in [0.2, 0.25) is 5.43 Å². The molecule has 0 spiro atoms. The molecule has 0 unspecified atom stereocenters. The van der Waals surface area contributed by atoms with Crippen molar-refractivity contribution >= 4 is 65.4 Å². The van der Waals surface area contributed by atoms with E-state index in [1.165, 1.54) is 0 Å². The van der Waals surface area contributed by atoms with Gasteiger partial charge >= 0.3 is 0 Å². The van der Waals surface area contributed by atoms with Gasteiger partial charge in [-0.2, -0.15) is 0 Å². The van der Waals surface area contributed by atoms with Gasteiger partial charge in [-0.25, -0.2) is 0 Å². The Morgan fingerprint density at radius 1 is 0.609 bits per heavy atom. The zero-order chi connectivity index (χ0) is 31.5. The minimum atomic E-state index is -0.0391. The molecule has 0 aliphatic carbocycles. The Balaban J connectivity index is 1.76. The standard InChI is InChI=1S/C40H36N3O3/c1-5-22-41-28-18-12-19-29-34(28)38(35-30(41)20-13-21-33(35)45-3)36-31(42(29)23-6-2)24-32-37(40(36)46-4)39(44)26-16-10-11-17-27(26)43(32)25-14-8-7-9-15-25/h7-21,24H,5-6,22-23H2,1-4H3/q+1. The van der Waals surface area contributed by atoms with Crippen LogP contribution < -0.4 is 14.9 Å². The summed E-state index contributed by atoms with van der Waals surface area (Å²) in [5.41, 5.74) is 7.04. The molecule has 3 aromatic heterocycles. The molecule has 0 aliphatic heterocycles. The summed E-state index contributed by atoms with van der Waals surface area (Å²) in [4.78, 5) is 14.6. The molecule has 0 saturated heterocycles. The third-order valence-corrected chi connectivity index (χ3v) is 9.37. The Bertz CT molecular complexity index is 2550. The Morgan fingerprint density at radius 3 is 1.89 bits per heavy atom. The Hall–Kier alpha value is -5.36. The van der Waals surface area contributed by atoms with Gasteiger partial charge in [0.15, 0.2) is 11.5 Å². The molecule has 6 heteroatoms. The van der Waals surface area contributed by atoms with Gasteiger partial charge in [-0.05, 0) is 67.4 Å². The first kappa shape index (κ1) is 28.1. The molecule has 5 aromatic carbocycles. The molecule has 0 bridgehead atoms. The lowest BCUT2D eigenvalue weighted by atomic mass is 9.94. The molecule has 8 rings (SSSR count). The molecule has 0 saturated carbocycles. The van der Waals surface area contributed by atoms with Crippen molar-refractivity contribution in [2.75, 3.05) is 14.2 Å². The third-order valence-electron chi connectivity index (χ3n) is 9.37. The van der Waals surface area contributed by atoms with Crippen molar-refractivity contribution in [3.8, 4) is 17.2 Å². The molecular formula is C40H36N3O3+. The number of methoxy groups -OCH3 is 2. The molecule has 0 amide bonds. The maximum Gasteiger partial charge on any atom is 0.206 e. The number of benzene rings is 5. The predicted molar refractivity (Wildman–Crippen MR) is 191 cm³/mol. The van der Waals surface area contributed by atoms with Crippen LogP contribution >= 0.6 is 0 Å². The highest BCUT2D eigenvalue weighted by molar-refractivity contribution is 6.31. The van der Waals surface area contributed by atoms with E-state index in [1.807, 2.05) is 48.5 Å². The highest BCUT2D eigenvalue weighted by Gasteiger charge is 2.30. The molecule has 0 radical (unpaired) electrons. The number of hydrogen-bond donors (Lipinski definition) is 0. The fraction of sp³-hybridized carbons (Fsp3) is 0.200. The van der Waals surface area contributed by atoms with Gasteiger partial charge in [0.05, 0.1) is 30.6 Å². The van der Waals surface area contributed by atoms with E-state index >= 15 is 0 Å². The van der Waals surface area contributed by atoms with E-state index in [9.17, 15) is 4.79 Å². The van der Waals surface area contributed by atoms with Crippen LogP contribution in [0.4, 0.5) is 0 Å². The van der Waals surface area contributed by atoms with Gasteiger partial charge in [0.1, 0.15) is 43.6 Å². The molecule has 8 aromatic rings. The summed E-state index contributed by atoms with van der Waals surface area (Å²) >= 11 is 0. The highest BCUT2D eigenvalue weighted by atomic mass is 16.5. The van der Waals surface area contributed by atoms with Gasteiger partial charge in [-0.1, -0.05) is 44.2 Å². The number of nitrogens with zero attached hydrogens (tertiary/aromatic N) is 3. The average Bonchev–Trinajstić information content (AvgIpc) is 3.10. The molecule has 0 fully saturated rings. The van der Waals surface area contributed by atoms with Crippen LogP contribution in [-0.2, 0) is 13.1 Å². The lowest BCUT2D eigenvalue weighted by Crippen LogP contribution is -2.14. The number of hydrogen-bond acceptors (Lipinski definition) is 3. The summed E-state index contributed by atoms with van der Waals surface area (Å²) < 4.78 is 19.6. The van der Waals surface area contributed by atoms with Crippen molar-refractivity contribution < 1.29 is 9.47 Å². The summed E-state index contributed by atoms with van der Waals surface area (Å²) in [6.45, 7) is 6.10. The first-order valence-corrected chi connectivity index (χ1v) is 16.1. The van der Waals surface area contributed by atoms with Crippen molar-refractivity contribution in [2.24, 2.45) is 0 Å². The van der Waals surface area contributed by atoms with E-state index in [2.05, 4.69) is 76.1 Å². The molecule has 0 aliphatic rings. The van der Waals surface area contributed by atoms with Crippen LogP contribution in [0.15, 0.2) is 102 Å².